The number of aliphatic hydroxyl groups is 1. The molecule has 9 nitrogen and oxygen atoms in total. The van der Waals surface area contributed by atoms with Crippen molar-refractivity contribution < 1.29 is 19.4 Å². The molecular formula is C27H27N5O4S. The van der Waals surface area contributed by atoms with E-state index in [1.165, 1.54) is 29.5 Å². The van der Waals surface area contributed by atoms with Crippen LogP contribution in [-0.2, 0) is 0 Å². The summed E-state index contributed by atoms with van der Waals surface area (Å²) in [5.41, 5.74) is 2.92. The Labute approximate surface area is 219 Å². The zero-order valence-corrected chi connectivity index (χ0v) is 21.5. The molecule has 2 aromatic carbocycles. The largest absolute Gasteiger partial charge is 0.415 e. The topological polar surface area (TPSA) is 108 Å². The van der Waals surface area contributed by atoms with Crippen molar-refractivity contribution in [2.75, 3.05) is 37.9 Å². The minimum Gasteiger partial charge on any atom is -0.406 e. The lowest BCUT2D eigenvalue weighted by atomic mass is 10.1. The maximum absolute atomic E-state index is 12.9. The minimum absolute atomic E-state index is 0.0297. The van der Waals surface area contributed by atoms with Crippen LogP contribution < -0.4 is 15.0 Å². The van der Waals surface area contributed by atoms with E-state index in [-0.39, 0.29) is 18.2 Å². The van der Waals surface area contributed by atoms with Gasteiger partial charge in [0.25, 0.3) is 5.91 Å². The van der Waals surface area contributed by atoms with Gasteiger partial charge in [0.2, 0.25) is 5.95 Å². The third kappa shape index (κ3) is 6.49. The molecule has 0 aliphatic rings. The third-order valence-corrected chi connectivity index (χ3v) is 6.14. The Bertz CT molecular complexity index is 1360. The van der Waals surface area contributed by atoms with E-state index in [2.05, 4.69) is 15.3 Å². The second kappa shape index (κ2) is 11.6. The van der Waals surface area contributed by atoms with Gasteiger partial charge in [-0.1, -0.05) is 42.5 Å². The van der Waals surface area contributed by atoms with Gasteiger partial charge in [-0.25, -0.2) is 14.8 Å². The Kier molecular flexibility index (Phi) is 8.11. The first-order valence-electron chi connectivity index (χ1n) is 11.5. The van der Waals surface area contributed by atoms with E-state index in [0.29, 0.717) is 28.5 Å². The van der Waals surface area contributed by atoms with Crippen molar-refractivity contribution in [3.05, 3.63) is 88.7 Å². The number of aromatic nitrogens is 2. The number of nitrogens with zero attached hydrogens (tertiary/aromatic N) is 4. The molecule has 0 fully saturated rings. The van der Waals surface area contributed by atoms with E-state index < -0.39 is 12.2 Å². The molecule has 0 saturated heterocycles. The standard InChI is InChI=1S/C27H27N5O4S/c1-31(2)26-28-15-23(24(30-26)18-8-5-4-6-9-18)36-27(35)32(3)16-22(33)19-10-7-11-21(14-19)29-25(34)20-12-13-37-17-20/h4-15,17,22,33H,16H2,1-3H3,(H,29,34). The lowest BCUT2D eigenvalue weighted by Gasteiger charge is -2.22. The summed E-state index contributed by atoms with van der Waals surface area (Å²) in [7, 11) is 5.19. The molecule has 2 amide bonds. The van der Waals surface area contributed by atoms with Crippen LogP contribution in [0.2, 0.25) is 0 Å². The van der Waals surface area contributed by atoms with Crippen molar-refractivity contribution in [1.29, 1.82) is 0 Å². The van der Waals surface area contributed by atoms with Gasteiger partial charge in [-0.2, -0.15) is 11.3 Å². The predicted octanol–water partition coefficient (Wildman–Crippen LogP) is 4.69. The van der Waals surface area contributed by atoms with Crippen LogP contribution in [0.3, 0.4) is 0 Å². The molecule has 0 aliphatic heterocycles. The monoisotopic (exact) mass is 517 g/mol. The number of benzene rings is 2. The summed E-state index contributed by atoms with van der Waals surface area (Å²) in [6.07, 6.45) is -0.206. The number of carbonyl (C=O) groups is 2. The lowest BCUT2D eigenvalue weighted by Crippen LogP contribution is -2.33. The number of hydrogen-bond donors (Lipinski definition) is 2. The normalized spacial score (nSPS) is 11.5. The Morgan fingerprint density at radius 2 is 1.86 bits per heavy atom. The van der Waals surface area contributed by atoms with Crippen molar-refractivity contribution in [3.63, 3.8) is 0 Å². The average Bonchev–Trinajstić information content (AvgIpc) is 3.45. The van der Waals surface area contributed by atoms with Crippen LogP contribution in [0.4, 0.5) is 16.4 Å². The summed E-state index contributed by atoms with van der Waals surface area (Å²) in [6, 6.07) is 18.0. The first-order chi connectivity index (χ1) is 17.8. The highest BCUT2D eigenvalue weighted by Crippen LogP contribution is 2.29. The Hall–Kier alpha value is -4.28. The molecule has 2 aromatic heterocycles. The molecule has 0 aliphatic carbocycles. The Morgan fingerprint density at radius 1 is 1.08 bits per heavy atom. The van der Waals surface area contributed by atoms with Gasteiger partial charge < -0.3 is 25.0 Å². The molecule has 1 atom stereocenters. The number of aliphatic hydroxyl groups excluding tert-OH is 1. The fourth-order valence-corrected chi connectivity index (χ4v) is 4.12. The molecule has 0 bridgehead atoms. The Morgan fingerprint density at radius 3 is 2.57 bits per heavy atom. The number of ether oxygens (including phenoxy) is 1. The van der Waals surface area contributed by atoms with Gasteiger partial charge in [0.15, 0.2) is 5.75 Å². The molecular weight excluding hydrogens is 490 g/mol. The number of amides is 2. The molecule has 0 radical (unpaired) electrons. The summed E-state index contributed by atoms with van der Waals surface area (Å²) in [6.45, 7) is -0.0297. The molecule has 0 saturated carbocycles. The second-order valence-electron chi connectivity index (χ2n) is 8.50. The molecule has 190 valence electrons. The fraction of sp³-hybridized carbons (Fsp3) is 0.185. The molecule has 1 unspecified atom stereocenters. The van der Waals surface area contributed by atoms with Crippen LogP contribution in [-0.4, -0.2) is 59.7 Å². The highest BCUT2D eigenvalue weighted by atomic mass is 32.1. The quantitative estimate of drug-likeness (QED) is 0.349. The van der Waals surface area contributed by atoms with Crippen molar-refractivity contribution in [3.8, 4) is 17.0 Å². The summed E-state index contributed by atoms with van der Waals surface area (Å²) >= 11 is 1.44. The molecule has 37 heavy (non-hydrogen) atoms. The van der Waals surface area contributed by atoms with E-state index in [0.717, 1.165) is 5.56 Å². The summed E-state index contributed by atoms with van der Waals surface area (Å²) in [4.78, 5) is 37.1. The van der Waals surface area contributed by atoms with E-state index in [9.17, 15) is 14.7 Å². The minimum atomic E-state index is -1.00. The van der Waals surface area contributed by atoms with Gasteiger partial charge >= 0.3 is 6.09 Å². The number of nitrogens with one attached hydrogen (secondary N) is 1. The van der Waals surface area contributed by atoms with Gasteiger partial charge in [-0.05, 0) is 29.1 Å². The number of rotatable bonds is 8. The smallest absolute Gasteiger partial charge is 0.406 e. The molecule has 2 heterocycles. The first-order valence-corrected chi connectivity index (χ1v) is 12.4. The SMILES string of the molecule is CN(CC(O)c1cccc(NC(=O)c2ccsc2)c1)C(=O)Oc1cnc(N(C)C)nc1-c1ccccc1. The van der Waals surface area contributed by atoms with Crippen LogP contribution in [0.25, 0.3) is 11.3 Å². The summed E-state index contributed by atoms with van der Waals surface area (Å²) in [5, 5.41) is 17.2. The summed E-state index contributed by atoms with van der Waals surface area (Å²) in [5.74, 6) is 0.458. The van der Waals surface area contributed by atoms with Gasteiger partial charge in [0.1, 0.15) is 5.69 Å². The second-order valence-corrected chi connectivity index (χ2v) is 9.28. The average molecular weight is 518 g/mol. The van der Waals surface area contributed by atoms with Gasteiger partial charge in [0.05, 0.1) is 24.4 Å². The van der Waals surface area contributed by atoms with Crippen LogP contribution in [0, 0.1) is 0 Å². The van der Waals surface area contributed by atoms with E-state index in [1.54, 1.807) is 40.6 Å². The van der Waals surface area contributed by atoms with Crippen molar-refractivity contribution in [1.82, 2.24) is 14.9 Å². The van der Waals surface area contributed by atoms with Gasteiger partial charge in [0, 0.05) is 37.8 Å². The highest BCUT2D eigenvalue weighted by Gasteiger charge is 2.21. The fourth-order valence-electron chi connectivity index (χ4n) is 3.49. The molecule has 4 aromatic rings. The number of thiophene rings is 1. The van der Waals surface area contributed by atoms with Crippen LogP contribution in [0.1, 0.15) is 22.0 Å². The van der Waals surface area contributed by atoms with Crippen molar-refractivity contribution in [2.45, 2.75) is 6.10 Å². The van der Waals surface area contributed by atoms with E-state index in [4.69, 9.17) is 4.74 Å². The first kappa shape index (κ1) is 25.8. The number of likely N-dealkylation sites (N-methyl/N-ethyl adjacent to an activating group) is 1. The molecule has 2 N–H and O–H groups in total. The number of carbonyl (C=O) groups excluding carboxylic acids is 2. The third-order valence-electron chi connectivity index (χ3n) is 5.46. The molecule has 0 spiro atoms. The Balaban J connectivity index is 1.44. The van der Waals surface area contributed by atoms with Gasteiger partial charge in [-0.3, -0.25) is 4.79 Å². The molecule has 4 rings (SSSR count). The molecule has 10 heteroatoms. The van der Waals surface area contributed by atoms with Crippen molar-refractivity contribution in [2.24, 2.45) is 0 Å². The van der Waals surface area contributed by atoms with E-state index in [1.807, 2.05) is 49.8 Å². The van der Waals surface area contributed by atoms with Crippen LogP contribution >= 0.6 is 11.3 Å². The highest BCUT2D eigenvalue weighted by molar-refractivity contribution is 7.08. The maximum Gasteiger partial charge on any atom is 0.415 e. The lowest BCUT2D eigenvalue weighted by molar-refractivity contribution is 0.102. The summed E-state index contributed by atoms with van der Waals surface area (Å²) < 4.78 is 5.63. The number of anilines is 2. The zero-order chi connectivity index (χ0) is 26.4. The predicted molar refractivity (Wildman–Crippen MR) is 144 cm³/mol. The van der Waals surface area contributed by atoms with E-state index >= 15 is 0 Å². The van der Waals surface area contributed by atoms with Gasteiger partial charge in [-0.15, -0.1) is 0 Å². The van der Waals surface area contributed by atoms with Crippen LogP contribution in [0.5, 0.6) is 5.75 Å². The van der Waals surface area contributed by atoms with Crippen molar-refractivity contribution >= 4 is 35.0 Å². The number of hydrogen-bond acceptors (Lipinski definition) is 8. The zero-order valence-electron chi connectivity index (χ0n) is 20.7. The van der Waals surface area contributed by atoms with Crippen LogP contribution in [0.15, 0.2) is 77.6 Å². The maximum atomic E-state index is 12.9.